The Labute approximate surface area is 124 Å². The molecule has 1 fully saturated rings. The number of guanidine groups is 1. The number of nitrogens with zero attached hydrogens (tertiary/aromatic N) is 1. The van der Waals surface area contributed by atoms with E-state index in [-0.39, 0.29) is 30.0 Å². The van der Waals surface area contributed by atoms with Gasteiger partial charge < -0.3 is 10.6 Å². The Bertz CT molecular complexity index is 536. The van der Waals surface area contributed by atoms with Gasteiger partial charge in [0.05, 0.1) is 6.42 Å². The lowest BCUT2D eigenvalue weighted by molar-refractivity contribution is -0.132. The normalized spacial score (nSPS) is 21.6. The van der Waals surface area contributed by atoms with Crippen LogP contribution in [0.15, 0.2) is 23.2 Å². The summed E-state index contributed by atoms with van der Waals surface area (Å²) >= 11 is 0. The summed E-state index contributed by atoms with van der Waals surface area (Å²) in [5.41, 5.74) is 0.00532. The topological polar surface area (TPSA) is 36.4 Å². The summed E-state index contributed by atoms with van der Waals surface area (Å²) in [6, 6.07) is 3.41. The lowest BCUT2D eigenvalue weighted by Crippen LogP contribution is -2.40. The molecule has 0 saturated heterocycles. The van der Waals surface area contributed by atoms with Gasteiger partial charge in [0.15, 0.2) is 5.96 Å². The molecule has 0 radical (unpaired) electrons. The fourth-order valence-electron chi connectivity index (χ4n) is 2.23. The van der Waals surface area contributed by atoms with Gasteiger partial charge in [-0.2, -0.15) is 13.2 Å². The molecule has 22 heavy (non-hydrogen) atoms. The minimum atomic E-state index is -4.25. The third-order valence-electron chi connectivity index (χ3n) is 3.41. The maximum Gasteiger partial charge on any atom is 0.390 e. The average Bonchev–Trinajstić information content (AvgIpc) is 3.15. The number of benzene rings is 1. The monoisotopic (exact) mass is 321 g/mol. The molecule has 1 aliphatic carbocycles. The van der Waals surface area contributed by atoms with Crippen molar-refractivity contribution in [3.8, 4) is 0 Å². The van der Waals surface area contributed by atoms with E-state index in [1.54, 1.807) is 0 Å². The van der Waals surface area contributed by atoms with Crippen molar-refractivity contribution in [1.82, 2.24) is 10.6 Å². The van der Waals surface area contributed by atoms with E-state index >= 15 is 0 Å². The van der Waals surface area contributed by atoms with E-state index in [2.05, 4.69) is 15.6 Å². The Morgan fingerprint density at radius 3 is 2.45 bits per heavy atom. The predicted octanol–water partition coefficient (Wildman–Crippen LogP) is 2.94. The number of alkyl halides is 3. The lowest BCUT2D eigenvalue weighted by Gasteiger charge is -2.13. The second kappa shape index (κ2) is 6.50. The van der Waals surface area contributed by atoms with E-state index < -0.39 is 24.2 Å². The number of nitrogens with one attached hydrogen (secondary N) is 2. The van der Waals surface area contributed by atoms with Crippen molar-refractivity contribution in [3.63, 3.8) is 0 Å². The molecule has 0 heterocycles. The quantitative estimate of drug-likeness (QED) is 0.508. The van der Waals surface area contributed by atoms with Gasteiger partial charge in [0.1, 0.15) is 11.6 Å². The molecule has 122 valence electrons. The zero-order chi connectivity index (χ0) is 16.3. The first-order chi connectivity index (χ1) is 10.3. The number of halogens is 5. The zero-order valence-electron chi connectivity index (χ0n) is 11.8. The molecule has 2 rings (SSSR count). The van der Waals surface area contributed by atoms with Crippen LogP contribution in [0, 0.1) is 11.6 Å². The van der Waals surface area contributed by atoms with Gasteiger partial charge in [-0.1, -0.05) is 6.07 Å². The van der Waals surface area contributed by atoms with Crippen molar-refractivity contribution < 1.29 is 22.0 Å². The van der Waals surface area contributed by atoms with Crippen LogP contribution in [0.25, 0.3) is 0 Å². The Balaban J connectivity index is 1.87. The molecular weight excluding hydrogens is 305 g/mol. The fraction of sp³-hybridized carbons (Fsp3) is 0.500. The van der Waals surface area contributed by atoms with E-state index in [0.29, 0.717) is 6.42 Å². The molecule has 2 N–H and O–H groups in total. The Hall–Kier alpha value is -1.86. The highest BCUT2D eigenvalue weighted by Gasteiger charge is 2.42. The van der Waals surface area contributed by atoms with E-state index in [0.717, 1.165) is 0 Å². The number of aliphatic imine (C=N–C) groups is 1. The van der Waals surface area contributed by atoms with Crippen molar-refractivity contribution >= 4 is 5.96 Å². The molecule has 1 saturated carbocycles. The summed E-state index contributed by atoms with van der Waals surface area (Å²) in [6.07, 6.45) is -4.73. The van der Waals surface area contributed by atoms with Gasteiger partial charge in [0, 0.05) is 31.1 Å². The van der Waals surface area contributed by atoms with Crippen LogP contribution in [-0.2, 0) is 0 Å². The highest BCUT2D eigenvalue weighted by molar-refractivity contribution is 5.80. The molecule has 2 unspecified atom stereocenters. The number of hydrogen-bond acceptors (Lipinski definition) is 1. The third-order valence-corrected chi connectivity index (χ3v) is 3.41. The summed E-state index contributed by atoms with van der Waals surface area (Å²) < 4.78 is 63.5. The molecule has 0 bridgehead atoms. The molecule has 8 heteroatoms. The molecule has 2 atom stereocenters. The van der Waals surface area contributed by atoms with Crippen molar-refractivity contribution in [2.75, 3.05) is 13.6 Å². The van der Waals surface area contributed by atoms with Gasteiger partial charge in [0.2, 0.25) is 0 Å². The molecule has 0 spiro atoms. The standard InChI is InChI=1S/C14H16F5N3/c1-20-13(21-6-5-14(17,18)19)22-11-7-8(11)12-9(15)3-2-4-10(12)16/h2-4,8,11H,5-7H2,1H3,(H2,20,21,22). The van der Waals surface area contributed by atoms with Crippen molar-refractivity contribution in [3.05, 3.63) is 35.4 Å². The molecule has 3 nitrogen and oxygen atoms in total. The minimum Gasteiger partial charge on any atom is -0.356 e. The van der Waals surface area contributed by atoms with Gasteiger partial charge in [-0.15, -0.1) is 0 Å². The Morgan fingerprint density at radius 1 is 1.27 bits per heavy atom. The smallest absolute Gasteiger partial charge is 0.356 e. The summed E-state index contributed by atoms with van der Waals surface area (Å²) in [6.45, 7) is -0.311. The first-order valence-electron chi connectivity index (χ1n) is 6.79. The van der Waals surface area contributed by atoms with Gasteiger partial charge in [-0.05, 0) is 18.6 Å². The van der Waals surface area contributed by atoms with E-state index in [9.17, 15) is 22.0 Å². The summed E-state index contributed by atoms with van der Waals surface area (Å²) in [4.78, 5) is 3.80. The third kappa shape index (κ3) is 4.32. The fourth-order valence-corrected chi connectivity index (χ4v) is 2.23. The Kier molecular flexibility index (Phi) is 4.87. The van der Waals surface area contributed by atoms with Crippen LogP contribution in [0.5, 0.6) is 0 Å². The maximum atomic E-state index is 13.6. The maximum absolute atomic E-state index is 13.6. The van der Waals surface area contributed by atoms with E-state index in [1.807, 2.05) is 0 Å². The van der Waals surface area contributed by atoms with Gasteiger partial charge in [0.25, 0.3) is 0 Å². The molecule has 0 amide bonds. The first kappa shape index (κ1) is 16.5. The first-order valence-corrected chi connectivity index (χ1v) is 6.79. The SMILES string of the molecule is CN=C(NCCC(F)(F)F)NC1CC1c1c(F)cccc1F. The van der Waals surface area contributed by atoms with Crippen LogP contribution in [0.4, 0.5) is 22.0 Å². The average molecular weight is 321 g/mol. The van der Waals surface area contributed by atoms with Gasteiger partial charge >= 0.3 is 6.18 Å². The van der Waals surface area contributed by atoms with Crippen molar-refractivity contribution in [1.29, 1.82) is 0 Å². The highest BCUT2D eigenvalue weighted by atomic mass is 19.4. The number of hydrogen-bond donors (Lipinski definition) is 2. The minimum absolute atomic E-state index is 0.00532. The molecule has 1 aromatic rings. The van der Waals surface area contributed by atoms with E-state index in [1.165, 1.54) is 25.2 Å². The number of rotatable bonds is 4. The Morgan fingerprint density at radius 2 is 1.91 bits per heavy atom. The second-order valence-electron chi connectivity index (χ2n) is 5.09. The summed E-state index contributed by atoms with van der Waals surface area (Å²) in [5.74, 6) is -1.39. The van der Waals surface area contributed by atoms with E-state index in [4.69, 9.17) is 0 Å². The molecule has 1 aliphatic rings. The summed E-state index contributed by atoms with van der Waals surface area (Å²) in [7, 11) is 1.42. The molecule has 0 aromatic heterocycles. The van der Waals surface area contributed by atoms with Crippen molar-refractivity contribution in [2.24, 2.45) is 4.99 Å². The molecule has 0 aliphatic heterocycles. The van der Waals surface area contributed by atoms with Crippen LogP contribution >= 0.6 is 0 Å². The highest BCUT2D eigenvalue weighted by Crippen LogP contribution is 2.43. The van der Waals surface area contributed by atoms with Crippen LogP contribution in [0.2, 0.25) is 0 Å². The molecular formula is C14H16F5N3. The van der Waals surface area contributed by atoms with Crippen molar-refractivity contribution in [2.45, 2.75) is 31.0 Å². The molecule has 1 aromatic carbocycles. The van der Waals surface area contributed by atoms with Crippen LogP contribution in [0.1, 0.15) is 24.3 Å². The van der Waals surface area contributed by atoms with Crippen LogP contribution in [-0.4, -0.2) is 31.8 Å². The van der Waals surface area contributed by atoms with Crippen LogP contribution in [0.3, 0.4) is 0 Å². The van der Waals surface area contributed by atoms with Gasteiger partial charge in [-0.25, -0.2) is 8.78 Å². The van der Waals surface area contributed by atoms with Crippen LogP contribution < -0.4 is 10.6 Å². The largest absolute Gasteiger partial charge is 0.390 e. The zero-order valence-corrected chi connectivity index (χ0v) is 11.8. The second-order valence-corrected chi connectivity index (χ2v) is 5.09. The van der Waals surface area contributed by atoms with Gasteiger partial charge in [-0.3, -0.25) is 4.99 Å². The lowest BCUT2D eigenvalue weighted by atomic mass is 10.1. The predicted molar refractivity (Wildman–Crippen MR) is 72.7 cm³/mol. The summed E-state index contributed by atoms with van der Waals surface area (Å²) in [5, 5.41) is 5.40.